The number of nitrogens with zero attached hydrogens (tertiary/aromatic N) is 2. The van der Waals surface area contributed by atoms with Gasteiger partial charge in [0, 0.05) is 24.5 Å². The van der Waals surface area contributed by atoms with Crippen molar-refractivity contribution in [3.05, 3.63) is 28.1 Å². The average molecular weight is 344 g/mol. The number of halogens is 1. The molecule has 2 rings (SSSR count). The second-order valence-electron chi connectivity index (χ2n) is 5.28. The number of rotatable bonds is 4. The lowest BCUT2D eigenvalue weighted by Gasteiger charge is -2.25. The first-order chi connectivity index (χ1) is 9.47. The van der Waals surface area contributed by atoms with Gasteiger partial charge in [0.2, 0.25) is 0 Å². The molecule has 0 bridgehead atoms. The third kappa shape index (κ3) is 3.59. The zero-order chi connectivity index (χ0) is 14.7. The van der Waals surface area contributed by atoms with Gasteiger partial charge in [-0.3, -0.25) is 14.9 Å². The fraction of sp³-hybridized carbons (Fsp3) is 0.615. The van der Waals surface area contributed by atoms with Gasteiger partial charge >= 0.3 is 0 Å². The Morgan fingerprint density at radius 1 is 1.50 bits per heavy atom. The first-order valence-corrected chi connectivity index (χ1v) is 7.62. The highest BCUT2D eigenvalue weighted by Gasteiger charge is 2.21. The topological polar surface area (TPSA) is 77.2 Å². The molecule has 0 aromatic carbocycles. The number of carbonyl (C=O) groups excluding carboxylic acids is 1. The van der Waals surface area contributed by atoms with Crippen molar-refractivity contribution in [2.24, 2.45) is 13.0 Å². The molecule has 0 radical (unpaired) electrons. The summed E-state index contributed by atoms with van der Waals surface area (Å²) in [6, 6.07) is 1.31. The Balaban J connectivity index is 1.90. The van der Waals surface area contributed by atoms with Crippen LogP contribution in [0.25, 0.3) is 0 Å². The summed E-state index contributed by atoms with van der Waals surface area (Å²) in [5.41, 5.74) is 0.267. The van der Waals surface area contributed by atoms with Crippen molar-refractivity contribution in [3.8, 4) is 0 Å². The van der Waals surface area contributed by atoms with Crippen molar-refractivity contribution < 1.29 is 9.72 Å². The second kappa shape index (κ2) is 6.39. The van der Waals surface area contributed by atoms with E-state index in [1.807, 2.05) is 0 Å². The summed E-state index contributed by atoms with van der Waals surface area (Å²) in [6.07, 6.45) is 5.82. The van der Waals surface area contributed by atoms with Crippen LogP contribution in [0.15, 0.2) is 12.3 Å². The van der Waals surface area contributed by atoms with Crippen LogP contribution in [-0.2, 0) is 7.05 Å². The lowest BCUT2D eigenvalue weighted by molar-refractivity contribution is -0.384. The molecule has 0 aliphatic heterocycles. The SMILES string of the molecule is Cn1cc([N+](=O)[O-])cc1C(=O)NCC1CCC(Br)CC1. The maximum absolute atomic E-state index is 12.0. The molecule has 7 heteroatoms. The highest BCUT2D eigenvalue weighted by atomic mass is 79.9. The fourth-order valence-electron chi connectivity index (χ4n) is 2.53. The van der Waals surface area contributed by atoms with Gasteiger partial charge < -0.3 is 9.88 Å². The number of carbonyl (C=O) groups is 1. The molecule has 0 unspecified atom stereocenters. The summed E-state index contributed by atoms with van der Waals surface area (Å²) in [7, 11) is 1.64. The Morgan fingerprint density at radius 3 is 2.70 bits per heavy atom. The zero-order valence-electron chi connectivity index (χ0n) is 11.3. The smallest absolute Gasteiger partial charge is 0.287 e. The molecule has 20 heavy (non-hydrogen) atoms. The molecular weight excluding hydrogens is 326 g/mol. The number of nitro groups is 1. The maximum atomic E-state index is 12.0. The van der Waals surface area contributed by atoms with Crippen LogP contribution in [0.1, 0.15) is 36.2 Å². The summed E-state index contributed by atoms with van der Waals surface area (Å²) >= 11 is 3.60. The monoisotopic (exact) mass is 343 g/mol. The zero-order valence-corrected chi connectivity index (χ0v) is 12.9. The Morgan fingerprint density at radius 2 is 2.15 bits per heavy atom. The summed E-state index contributed by atoms with van der Waals surface area (Å²) in [4.78, 5) is 22.8. The summed E-state index contributed by atoms with van der Waals surface area (Å²) in [5, 5.41) is 13.6. The van der Waals surface area contributed by atoms with Gasteiger partial charge in [-0.05, 0) is 31.6 Å². The van der Waals surface area contributed by atoms with Gasteiger partial charge in [0.1, 0.15) is 5.69 Å². The minimum absolute atomic E-state index is 0.0579. The molecule has 1 amide bonds. The highest BCUT2D eigenvalue weighted by molar-refractivity contribution is 9.09. The van der Waals surface area contributed by atoms with E-state index >= 15 is 0 Å². The minimum Gasteiger partial charge on any atom is -0.350 e. The van der Waals surface area contributed by atoms with Crippen molar-refractivity contribution >= 4 is 27.5 Å². The van der Waals surface area contributed by atoms with Gasteiger partial charge in [-0.25, -0.2) is 0 Å². The Bertz CT molecular complexity index is 507. The molecule has 1 fully saturated rings. The molecule has 1 aromatic heterocycles. The lowest BCUT2D eigenvalue weighted by atomic mass is 9.89. The molecule has 0 saturated heterocycles. The molecule has 0 atom stereocenters. The van der Waals surface area contributed by atoms with Gasteiger partial charge in [0.05, 0.1) is 11.1 Å². The number of nitrogens with one attached hydrogen (secondary N) is 1. The van der Waals surface area contributed by atoms with Crippen LogP contribution in [0.2, 0.25) is 0 Å². The number of amides is 1. The van der Waals surface area contributed by atoms with Crippen LogP contribution in [-0.4, -0.2) is 26.8 Å². The number of alkyl halides is 1. The largest absolute Gasteiger partial charge is 0.350 e. The molecule has 1 heterocycles. The van der Waals surface area contributed by atoms with Crippen LogP contribution in [0.5, 0.6) is 0 Å². The molecule has 1 aromatic rings. The van der Waals surface area contributed by atoms with Crippen LogP contribution in [0.3, 0.4) is 0 Å². The molecule has 0 spiro atoms. The van der Waals surface area contributed by atoms with Crippen molar-refractivity contribution in [2.75, 3.05) is 6.54 Å². The first kappa shape index (κ1) is 15.0. The molecule has 6 nitrogen and oxygen atoms in total. The van der Waals surface area contributed by atoms with E-state index in [-0.39, 0.29) is 11.6 Å². The van der Waals surface area contributed by atoms with Crippen LogP contribution in [0, 0.1) is 16.0 Å². The third-order valence-electron chi connectivity index (χ3n) is 3.76. The molecule has 1 aliphatic rings. The lowest BCUT2D eigenvalue weighted by Crippen LogP contribution is -2.32. The van der Waals surface area contributed by atoms with Gasteiger partial charge in [-0.1, -0.05) is 15.9 Å². The number of aryl methyl sites for hydroxylation is 1. The summed E-state index contributed by atoms with van der Waals surface area (Å²) in [6.45, 7) is 0.636. The van der Waals surface area contributed by atoms with Crippen LogP contribution >= 0.6 is 15.9 Å². The normalized spacial score (nSPS) is 22.5. The van der Waals surface area contributed by atoms with Crippen LogP contribution < -0.4 is 5.32 Å². The third-order valence-corrected chi connectivity index (χ3v) is 4.68. The molecular formula is C13H18BrN3O3. The Labute approximate surface area is 125 Å². The number of aromatic nitrogens is 1. The summed E-state index contributed by atoms with van der Waals surface area (Å²) in [5.74, 6) is 0.254. The Hall–Kier alpha value is -1.37. The first-order valence-electron chi connectivity index (χ1n) is 6.70. The van der Waals surface area contributed by atoms with Crippen molar-refractivity contribution in [1.29, 1.82) is 0 Å². The van der Waals surface area contributed by atoms with Gasteiger partial charge in [0.25, 0.3) is 11.6 Å². The van der Waals surface area contributed by atoms with Crippen molar-refractivity contribution in [1.82, 2.24) is 9.88 Å². The average Bonchev–Trinajstić information content (AvgIpc) is 2.80. The Kier molecular flexibility index (Phi) is 4.80. The quantitative estimate of drug-likeness (QED) is 0.518. The summed E-state index contributed by atoms with van der Waals surface area (Å²) < 4.78 is 1.49. The standard InChI is InChI=1S/C13H18BrN3O3/c1-16-8-11(17(19)20)6-12(16)13(18)15-7-9-2-4-10(14)5-3-9/h6,8-10H,2-5,7H2,1H3,(H,15,18). The van der Waals surface area contributed by atoms with Gasteiger partial charge in [-0.2, -0.15) is 0 Å². The van der Waals surface area contributed by atoms with E-state index < -0.39 is 4.92 Å². The molecule has 1 N–H and O–H groups in total. The van der Waals surface area contributed by atoms with Crippen molar-refractivity contribution in [2.45, 2.75) is 30.5 Å². The highest BCUT2D eigenvalue weighted by Crippen LogP contribution is 2.28. The predicted octanol–water partition coefficient (Wildman–Crippen LogP) is 2.62. The number of hydrogen-bond donors (Lipinski definition) is 1. The molecule has 1 saturated carbocycles. The van der Waals surface area contributed by atoms with E-state index in [0.29, 0.717) is 23.0 Å². The fourth-order valence-corrected chi connectivity index (χ4v) is 3.05. The van der Waals surface area contributed by atoms with E-state index in [1.54, 1.807) is 7.05 Å². The van der Waals surface area contributed by atoms with E-state index in [9.17, 15) is 14.9 Å². The van der Waals surface area contributed by atoms with Crippen molar-refractivity contribution in [3.63, 3.8) is 0 Å². The van der Waals surface area contributed by atoms with E-state index in [4.69, 9.17) is 0 Å². The molecule has 1 aliphatic carbocycles. The van der Waals surface area contributed by atoms with Gasteiger partial charge in [0.15, 0.2) is 0 Å². The number of hydrogen-bond acceptors (Lipinski definition) is 3. The van der Waals surface area contributed by atoms with Crippen LogP contribution in [0.4, 0.5) is 5.69 Å². The second-order valence-corrected chi connectivity index (χ2v) is 6.57. The van der Waals surface area contributed by atoms with E-state index in [2.05, 4.69) is 21.2 Å². The van der Waals surface area contributed by atoms with E-state index in [1.165, 1.54) is 16.8 Å². The van der Waals surface area contributed by atoms with Gasteiger partial charge in [-0.15, -0.1) is 0 Å². The minimum atomic E-state index is -0.492. The maximum Gasteiger partial charge on any atom is 0.287 e. The predicted molar refractivity (Wildman–Crippen MR) is 79.1 cm³/mol. The molecule has 110 valence electrons. The van der Waals surface area contributed by atoms with E-state index in [0.717, 1.165) is 25.7 Å².